The number of rotatable bonds is 4. The Balaban J connectivity index is 1.97. The molecule has 0 saturated carbocycles. The first kappa shape index (κ1) is 18.6. The molecule has 6 nitrogen and oxygen atoms in total. The fourth-order valence-electron chi connectivity index (χ4n) is 2.79. The van der Waals surface area contributed by atoms with E-state index in [-0.39, 0.29) is 28.9 Å². The van der Waals surface area contributed by atoms with E-state index >= 15 is 0 Å². The van der Waals surface area contributed by atoms with Gasteiger partial charge in [0.05, 0.1) is 12.3 Å². The zero-order chi connectivity index (χ0) is 19.1. The SMILES string of the molecule is CC(C)CNC(=O)c1nn2c(c1Cl)N[C@@H](c1ccco1)C[C@@H]2C(F)(F)F. The average molecular weight is 391 g/mol. The van der Waals surface area contributed by atoms with Crippen LogP contribution in [-0.2, 0) is 0 Å². The second kappa shape index (κ2) is 6.86. The lowest BCUT2D eigenvalue weighted by atomic mass is 10.0. The van der Waals surface area contributed by atoms with Crippen molar-refractivity contribution in [3.05, 3.63) is 34.9 Å². The third-order valence-corrected chi connectivity index (χ3v) is 4.43. The summed E-state index contributed by atoms with van der Waals surface area (Å²) in [4.78, 5) is 12.3. The highest BCUT2D eigenvalue weighted by atomic mass is 35.5. The molecule has 1 aliphatic heterocycles. The first-order valence-corrected chi connectivity index (χ1v) is 8.49. The molecule has 0 radical (unpaired) electrons. The number of hydrogen-bond acceptors (Lipinski definition) is 4. The maximum Gasteiger partial charge on any atom is 0.410 e. The highest BCUT2D eigenvalue weighted by molar-refractivity contribution is 6.36. The predicted octanol–water partition coefficient (Wildman–Crippen LogP) is 4.18. The van der Waals surface area contributed by atoms with Gasteiger partial charge >= 0.3 is 6.18 Å². The van der Waals surface area contributed by atoms with E-state index in [9.17, 15) is 18.0 Å². The van der Waals surface area contributed by atoms with Crippen molar-refractivity contribution < 1.29 is 22.4 Å². The minimum Gasteiger partial charge on any atom is -0.467 e. The molecule has 0 aromatic carbocycles. The fraction of sp³-hybridized carbons (Fsp3) is 0.500. The number of furan rings is 1. The van der Waals surface area contributed by atoms with Gasteiger partial charge in [-0.05, 0) is 18.1 Å². The Morgan fingerprint density at radius 2 is 2.27 bits per heavy atom. The molecule has 26 heavy (non-hydrogen) atoms. The van der Waals surface area contributed by atoms with Crippen molar-refractivity contribution in [3.63, 3.8) is 0 Å². The maximum absolute atomic E-state index is 13.6. The molecule has 10 heteroatoms. The molecule has 1 aliphatic rings. The summed E-state index contributed by atoms with van der Waals surface area (Å²) in [5.74, 6) is -0.118. The van der Waals surface area contributed by atoms with E-state index in [2.05, 4.69) is 15.7 Å². The molecule has 2 N–H and O–H groups in total. The number of alkyl halides is 3. The summed E-state index contributed by atoms with van der Waals surface area (Å²) in [5, 5.41) is 9.23. The van der Waals surface area contributed by atoms with Crippen molar-refractivity contribution in [1.82, 2.24) is 15.1 Å². The Kier molecular flexibility index (Phi) is 4.92. The van der Waals surface area contributed by atoms with Gasteiger partial charge in [-0.25, -0.2) is 4.68 Å². The van der Waals surface area contributed by atoms with E-state index in [4.69, 9.17) is 16.0 Å². The number of carbonyl (C=O) groups excluding carboxylic acids is 1. The molecule has 0 aliphatic carbocycles. The van der Waals surface area contributed by atoms with Crippen molar-refractivity contribution in [2.75, 3.05) is 11.9 Å². The van der Waals surface area contributed by atoms with Crippen LogP contribution in [0.4, 0.5) is 19.0 Å². The highest BCUT2D eigenvalue weighted by Gasteiger charge is 2.48. The van der Waals surface area contributed by atoms with E-state index in [1.165, 1.54) is 6.26 Å². The van der Waals surface area contributed by atoms with E-state index in [0.29, 0.717) is 12.3 Å². The van der Waals surface area contributed by atoms with Crippen LogP contribution >= 0.6 is 11.6 Å². The van der Waals surface area contributed by atoms with Gasteiger partial charge in [-0.15, -0.1) is 0 Å². The molecule has 3 rings (SSSR count). The largest absolute Gasteiger partial charge is 0.467 e. The molecular formula is C16H18ClF3N4O2. The second-order valence-electron chi connectivity index (χ2n) is 6.57. The molecule has 2 aromatic rings. The summed E-state index contributed by atoms with van der Waals surface area (Å²) in [7, 11) is 0. The molecule has 0 bridgehead atoms. The van der Waals surface area contributed by atoms with Gasteiger partial charge in [0.25, 0.3) is 5.91 Å². The average Bonchev–Trinajstić information content (AvgIpc) is 3.19. The number of nitrogens with zero attached hydrogens (tertiary/aromatic N) is 2. The highest BCUT2D eigenvalue weighted by Crippen LogP contribution is 2.46. The van der Waals surface area contributed by atoms with Crippen molar-refractivity contribution in [3.8, 4) is 0 Å². The van der Waals surface area contributed by atoms with Gasteiger partial charge in [0.15, 0.2) is 11.7 Å². The molecule has 142 valence electrons. The quantitative estimate of drug-likeness (QED) is 0.821. The van der Waals surface area contributed by atoms with Crippen LogP contribution in [0.15, 0.2) is 22.8 Å². The molecule has 0 fully saturated rings. The first-order valence-electron chi connectivity index (χ1n) is 8.11. The van der Waals surface area contributed by atoms with E-state index in [1.807, 2.05) is 13.8 Å². The van der Waals surface area contributed by atoms with Crippen LogP contribution in [-0.4, -0.2) is 28.4 Å². The van der Waals surface area contributed by atoms with Crippen LogP contribution in [0.25, 0.3) is 0 Å². The number of amides is 1. The zero-order valence-electron chi connectivity index (χ0n) is 14.1. The summed E-state index contributed by atoms with van der Waals surface area (Å²) in [5.41, 5.74) is -0.232. The molecule has 1 amide bonds. The van der Waals surface area contributed by atoms with Crippen LogP contribution in [0.2, 0.25) is 5.02 Å². The van der Waals surface area contributed by atoms with Crippen molar-refractivity contribution >= 4 is 23.3 Å². The number of anilines is 1. The van der Waals surface area contributed by atoms with Crippen LogP contribution in [0.5, 0.6) is 0 Å². The van der Waals surface area contributed by atoms with Gasteiger partial charge in [0.1, 0.15) is 16.6 Å². The molecule has 0 saturated heterocycles. The van der Waals surface area contributed by atoms with Gasteiger partial charge in [-0.2, -0.15) is 18.3 Å². The molecule has 2 aromatic heterocycles. The Bertz CT molecular complexity index is 786. The van der Waals surface area contributed by atoms with Gasteiger partial charge in [-0.3, -0.25) is 4.79 Å². The van der Waals surface area contributed by atoms with Gasteiger partial charge in [0.2, 0.25) is 0 Å². The Morgan fingerprint density at radius 1 is 1.54 bits per heavy atom. The summed E-state index contributed by atoms with van der Waals surface area (Å²) in [6, 6.07) is 0.530. The predicted molar refractivity (Wildman–Crippen MR) is 89.2 cm³/mol. The smallest absolute Gasteiger partial charge is 0.410 e. The van der Waals surface area contributed by atoms with Crippen LogP contribution < -0.4 is 10.6 Å². The van der Waals surface area contributed by atoms with Gasteiger partial charge in [0, 0.05) is 13.0 Å². The molecular weight excluding hydrogens is 373 g/mol. The molecule has 0 unspecified atom stereocenters. The number of carbonyl (C=O) groups is 1. The Hall–Kier alpha value is -2.16. The molecule has 3 heterocycles. The lowest BCUT2D eigenvalue weighted by Crippen LogP contribution is -2.35. The standard InChI is InChI=1S/C16H18ClF3N4O2/c1-8(2)7-21-15(25)13-12(17)14-22-9(10-4-3-5-26-10)6-11(16(18,19)20)24(14)23-13/h3-5,8-9,11,22H,6-7H2,1-2H3,(H,21,25)/t9-,11-/m1/s1. The Labute approximate surface area is 152 Å². The van der Waals surface area contributed by atoms with E-state index in [0.717, 1.165) is 4.68 Å². The number of aromatic nitrogens is 2. The molecule has 0 spiro atoms. The number of halogens is 4. The second-order valence-corrected chi connectivity index (χ2v) is 6.94. The summed E-state index contributed by atoms with van der Waals surface area (Å²) < 4.78 is 46.7. The van der Waals surface area contributed by atoms with Gasteiger partial charge in [-0.1, -0.05) is 25.4 Å². The van der Waals surface area contributed by atoms with Crippen LogP contribution in [0.3, 0.4) is 0 Å². The summed E-state index contributed by atoms with van der Waals surface area (Å²) in [6.45, 7) is 4.16. The lowest BCUT2D eigenvalue weighted by molar-refractivity contribution is -0.174. The van der Waals surface area contributed by atoms with Crippen molar-refractivity contribution in [2.24, 2.45) is 5.92 Å². The fourth-order valence-corrected chi connectivity index (χ4v) is 3.06. The third-order valence-electron chi connectivity index (χ3n) is 4.07. The number of nitrogens with one attached hydrogen (secondary N) is 2. The molecule has 2 atom stereocenters. The summed E-state index contributed by atoms with van der Waals surface area (Å²) in [6.07, 6.45) is -3.49. The monoisotopic (exact) mass is 390 g/mol. The lowest BCUT2D eigenvalue weighted by Gasteiger charge is -2.32. The topological polar surface area (TPSA) is 72.1 Å². The minimum atomic E-state index is -4.55. The first-order chi connectivity index (χ1) is 12.2. The zero-order valence-corrected chi connectivity index (χ0v) is 14.9. The number of fused-ring (bicyclic) bond motifs is 1. The normalized spacial score (nSPS) is 20.0. The maximum atomic E-state index is 13.6. The number of hydrogen-bond donors (Lipinski definition) is 2. The van der Waals surface area contributed by atoms with Crippen molar-refractivity contribution in [1.29, 1.82) is 0 Å². The summed E-state index contributed by atoms with van der Waals surface area (Å²) >= 11 is 6.19. The van der Waals surface area contributed by atoms with Gasteiger partial charge < -0.3 is 15.1 Å². The van der Waals surface area contributed by atoms with E-state index in [1.54, 1.807) is 12.1 Å². The van der Waals surface area contributed by atoms with Crippen LogP contribution in [0.1, 0.15) is 48.6 Å². The minimum absolute atomic E-state index is 0.0451. The van der Waals surface area contributed by atoms with Crippen LogP contribution in [0, 0.1) is 5.92 Å². The van der Waals surface area contributed by atoms with Crippen molar-refractivity contribution in [2.45, 2.75) is 38.5 Å². The third kappa shape index (κ3) is 3.53. The van der Waals surface area contributed by atoms with E-state index < -0.39 is 24.2 Å². The Morgan fingerprint density at radius 3 is 2.85 bits per heavy atom.